The van der Waals surface area contributed by atoms with E-state index in [1.54, 1.807) is 12.3 Å². The molecule has 1 aromatic carbocycles. The maximum atomic E-state index is 12.6. The number of rotatable bonds is 6. The molecular weight excluding hydrogens is 384 g/mol. The fraction of sp³-hybridized carbons (Fsp3) is 0.188. The highest BCUT2D eigenvalue weighted by Gasteiger charge is 2.24. The highest BCUT2D eigenvalue weighted by molar-refractivity contribution is 7.93. The number of anilines is 1. The van der Waals surface area contributed by atoms with E-state index >= 15 is 0 Å². The molecule has 0 unspecified atom stereocenters. The minimum absolute atomic E-state index is 0.101. The second-order valence-corrected chi connectivity index (χ2v) is 8.36. The second kappa shape index (κ2) is 7.07. The van der Waals surface area contributed by atoms with Crippen LogP contribution in [0.15, 0.2) is 45.1 Å². The van der Waals surface area contributed by atoms with Crippen LogP contribution in [0.1, 0.15) is 16.1 Å². The van der Waals surface area contributed by atoms with Crippen molar-refractivity contribution < 1.29 is 17.7 Å². The number of nitrogens with one attached hydrogen (secondary N) is 1. The van der Waals surface area contributed by atoms with Gasteiger partial charge in [-0.3, -0.25) is 0 Å². The first-order valence-corrected chi connectivity index (χ1v) is 10.0. The summed E-state index contributed by atoms with van der Waals surface area (Å²) in [7, 11) is -3.86. The molecule has 0 saturated carbocycles. The summed E-state index contributed by atoms with van der Waals surface area (Å²) in [4.78, 5) is 0.690. The van der Waals surface area contributed by atoms with Crippen molar-refractivity contribution in [3.05, 3.63) is 56.9 Å². The Morgan fingerprint density at radius 3 is 2.60 bits per heavy atom. The molecule has 9 heteroatoms. The molecule has 1 N–H and O–H groups in total. The Kier molecular flexibility index (Phi) is 5.03. The number of thiophene rings is 1. The highest BCUT2D eigenvalue weighted by Crippen LogP contribution is 2.30. The average Bonchev–Trinajstić information content (AvgIpc) is 3.17. The number of aryl methyl sites for hydroxylation is 2. The van der Waals surface area contributed by atoms with E-state index in [2.05, 4.69) is 9.88 Å². The van der Waals surface area contributed by atoms with Gasteiger partial charge in [-0.1, -0.05) is 34.5 Å². The summed E-state index contributed by atoms with van der Waals surface area (Å²) in [5.74, 6) is 0.569. The van der Waals surface area contributed by atoms with Crippen LogP contribution < -0.4 is 9.46 Å². The number of hydrogen-bond donors (Lipinski definition) is 1. The lowest BCUT2D eigenvalue weighted by Crippen LogP contribution is -2.14. The van der Waals surface area contributed by atoms with Crippen LogP contribution in [0, 0.1) is 13.8 Å². The smallest absolute Gasteiger partial charge is 0.265 e. The van der Waals surface area contributed by atoms with E-state index in [1.165, 1.54) is 17.4 Å². The number of ether oxygens (including phenoxy) is 1. The van der Waals surface area contributed by atoms with Crippen LogP contribution in [-0.4, -0.2) is 13.6 Å². The second-order valence-electron chi connectivity index (χ2n) is 5.33. The van der Waals surface area contributed by atoms with Gasteiger partial charge >= 0.3 is 0 Å². The van der Waals surface area contributed by atoms with E-state index in [1.807, 2.05) is 31.2 Å². The first-order chi connectivity index (χ1) is 11.9. The van der Waals surface area contributed by atoms with Gasteiger partial charge in [0.25, 0.3) is 15.9 Å². The zero-order chi connectivity index (χ0) is 18.0. The molecule has 25 heavy (non-hydrogen) atoms. The largest absolute Gasteiger partial charge is 0.488 e. The lowest BCUT2D eigenvalue weighted by atomic mass is 10.2. The van der Waals surface area contributed by atoms with Gasteiger partial charge in [-0.25, -0.2) is 13.1 Å². The number of aromatic nitrogens is 1. The molecule has 0 aliphatic heterocycles. The predicted octanol–water partition coefficient (Wildman–Crippen LogP) is 4.39. The minimum Gasteiger partial charge on any atom is -0.488 e. The van der Waals surface area contributed by atoms with Gasteiger partial charge in [0, 0.05) is 0 Å². The summed E-state index contributed by atoms with van der Waals surface area (Å²) in [5, 5.41) is 5.46. The normalized spacial score (nSPS) is 11.5. The molecular formula is C16H15ClN2O4S2. The Morgan fingerprint density at radius 2 is 1.96 bits per heavy atom. The monoisotopic (exact) mass is 398 g/mol. The number of benzene rings is 1. The summed E-state index contributed by atoms with van der Waals surface area (Å²) in [6, 6.07) is 9.05. The molecule has 0 aliphatic carbocycles. The Morgan fingerprint density at radius 1 is 1.24 bits per heavy atom. The molecule has 3 aromatic rings. The number of halogens is 1. The number of hydrogen-bond acceptors (Lipinski definition) is 6. The van der Waals surface area contributed by atoms with E-state index in [0.29, 0.717) is 16.3 Å². The molecule has 0 saturated heterocycles. The van der Waals surface area contributed by atoms with E-state index in [-0.39, 0.29) is 22.4 Å². The van der Waals surface area contributed by atoms with Crippen LogP contribution in [0.25, 0.3) is 0 Å². The Hall–Kier alpha value is -2.03. The molecule has 0 spiro atoms. The third-order valence-corrected chi connectivity index (χ3v) is 6.29. The lowest BCUT2D eigenvalue weighted by Gasteiger charge is -2.08. The maximum Gasteiger partial charge on any atom is 0.265 e. The summed E-state index contributed by atoms with van der Waals surface area (Å²) in [6.07, 6.45) is 0. The fourth-order valence-electron chi connectivity index (χ4n) is 2.06. The van der Waals surface area contributed by atoms with Crippen LogP contribution in [0.2, 0.25) is 5.02 Å². The molecule has 0 amide bonds. The third kappa shape index (κ3) is 3.97. The van der Waals surface area contributed by atoms with Gasteiger partial charge in [0.1, 0.15) is 28.0 Å². The first kappa shape index (κ1) is 17.8. The van der Waals surface area contributed by atoms with E-state index in [0.717, 1.165) is 5.56 Å². The zero-order valence-electron chi connectivity index (χ0n) is 13.4. The van der Waals surface area contributed by atoms with Crippen molar-refractivity contribution in [1.82, 2.24) is 5.16 Å². The maximum absolute atomic E-state index is 12.6. The highest BCUT2D eigenvalue weighted by atomic mass is 35.5. The van der Waals surface area contributed by atoms with Crippen molar-refractivity contribution in [2.24, 2.45) is 0 Å². The molecule has 0 fully saturated rings. The summed E-state index contributed by atoms with van der Waals surface area (Å²) < 4.78 is 38.1. The number of nitrogens with zero attached hydrogens (tertiary/aromatic N) is 1. The van der Waals surface area contributed by atoms with Gasteiger partial charge in [-0.2, -0.15) is 0 Å². The van der Waals surface area contributed by atoms with Gasteiger partial charge in [0.05, 0.1) is 4.88 Å². The Labute approximate surface area is 154 Å². The molecule has 0 atom stereocenters. The zero-order valence-corrected chi connectivity index (χ0v) is 15.8. The minimum atomic E-state index is -3.86. The number of sulfonamides is 1. The first-order valence-electron chi connectivity index (χ1n) is 7.27. The van der Waals surface area contributed by atoms with Crippen molar-refractivity contribution in [3.63, 3.8) is 0 Å². The van der Waals surface area contributed by atoms with Gasteiger partial charge < -0.3 is 9.26 Å². The molecule has 132 valence electrons. The van der Waals surface area contributed by atoms with Crippen LogP contribution in [0.4, 0.5) is 5.88 Å². The quantitative estimate of drug-likeness (QED) is 0.666. The molecule has 3 rings (SSSR count). The van der Waals surface area contributed by atoms with E-state index < -0.39 is 10.0 Å². The van der Waals surface area contributed by atoms with Gasteiger partial charge in [0.15, 0.2) is 0 Å². The lowest BCUT2D eigenvalue weighted by molar-refractivity contribution is 0.307. The summed E-state index contributed by atoms with van der Waals surface area (Å²) in [5.41, 5.74) is 1.53. The SMILES string of the molecule is Cc1ccc(OCc2sccc2S(=O)(=O)Nc2onc(C)c2Cl)cc1. The van der Waals surface area contributed by atoms with E-state index in [9.17, 15) is 8.42 Å². The Bertz CT molecular complexity index is 978. The molecule has 6 nitrogen and oxygen atoms in total. The topological polar surface area (TPSA) is 81.4 Å². The van der Waals surface area contributed by atoms with E-state index in [4.69, 9.17) is 20.9 Å². The molecule has 0 radical (unpaired) electrons. The summed E-state index contributed by atoms with van der Waals surface area (Å²) in [6.45, 7) is 3.74. The van der Waals surface area contributed by atoms with Crippen LogP contribution in [-0.2, 0) is 16.6 Å². The molecule has 2 heterocycles. The standard InChI is InChI=1S/C16H15ClN2O4S2/c1-10-3-5-12(6-4-10)22-9-13-14(7-8-24-13)25(20,21)19-16-15(17)11(2)18-23-16/h3-8,19H,9H2,1-2H3. The molecule has 0 aliphatic rings. The fourth-order valence-corrected chi connectivity index (χ4v) is 4.57. The average molecular weight is 399 g/mol. The van der Waals surface area contributed by atoms with Crippen LogP contribution in [0.3, 0.4) is 0 Å². The Balaban J connectivity index is 1.78. The predicted molar refractivity (Wildman–Crippen MR) is 96.9 cm³/mol. The van der Waals surface area contributed by atoms with Crippen molar-refractivity contribution in [2.45, 2.75) is 25.3 Å². The van der Waals surface area contributed by atoms with Crippen molar-refractivity contribution in [3.8, 4) is 5.75 Å². The van der Waals surface area contributed by atoms with Crippen LogP contribution >= 0.6 is 22.9 Å². The van der Waals surface area contributed by atoms with Gasteiger partial charge in [0.2, 0.25) is 0 Å². The van der Waals surface area contributed by atoms with Crippen molar-refractivity contribution in [1.29, 1.82) is 0 Å². The third-order valence-electron chi connectivity index (χ3n) is 3.40. The van der Waals surface area contributed by atoms with Crippen molar-refractivity contribution in [2.75, 3.05) is 4.72 Å². The van der Waals surface area contributed by atoms with Crippen molar-refractivity contribution >= 4 is 38.8 Å². The molecule has 2 aromatic heterocycles. The summed E-state index contributed by atoms with van der Waals surface area (Å²) >= 11 is 7.26. The van der Waals surface area contributed by atoms with Gasteiger partial charge in [-0.05, 0) is 37.4 Å². The van der Waals surface area contributed by atoms with Crippen LogP contribution in [0.5, 0.6) is 5.75 Å². The molecule has 0 bridgehead atoms. The van der Waals surface area contributed by atoms with Gasteiger partial charge in [-0.15, -0.1) is 11.3 Å².